The molecule has 0 aliphatic heterocycles. The normalized spacial score (nSPS) is 13.5. The van der Waals surface area contributed by atoms with Crippen LogP contribution in [0.25, 0.3) is 0 Å². The number of carbonyl (C=O) groups excluding carboxylic acids is 1. The van der Waals surface area contributed by atoms with Crippen LogP contribution in [-0.4, -0.2) is 23.2 Å². The van der Waals surface area contributed by atoms with Crippen molar-refractivity contribution >= 4 is 35.0 Å². The SMILES string of the molecule is CCC(F)Oc1cccc(C(O)c2cc(Cl)ccc2NC(=O)OC(C)(C)C)c1Cl. The van der Waals surface area contributed by atoms with Crippen molar-refractivity contribution in [3.8, 4) is 5.75 Å². The Morgan fingerprint density at radius 3 is 2.52 bits per heavy atom. The topological polar surface area (TPSA) is 67.8 Å². The third kappa shape index (κ3) is 6.49. The molecule has 0 aromatic heterocycles. The molecule has 0 bridgehead atoms. The molecule has 2 N–H and O–H groups in total. The van der Waals surface area contributed by atoms with Crippen LogP contribution in [0.5, 0.6) is 5.75 Å². The number of hydrogen-bond donors (Lipinski definition) is 2. The summed E-state index contributed by atoms with van der Waals surface area (Å²) < 4.78 is 24.1. The van der Waals surface area contributed by atoms with Gasteiger partial charge in [0.25, 0.3) is 0 Å². The molecule has 2 unspecified atom stereocenters. The maximum Gasteiger partial charge on any atom is 0.412 e. The summed E-state index contributed by atoms with van der Waals surface area (Å²) in [5.74, 6) is 0.112. The molecule has 0 aliphatic rings. The van der Waals surface area contributed by atoms with Crippen molar-refractivity contribution in [2.24, 2.45) is 0 Å². The first kappa shape index (κ1) is 23.3. The number of benzene rings is 2. The lowest BCUT2D eigenvalue weighted by atomic mass is 9.99. The van der Waals surface area contributed by atoms with Crippen LogP contribution in [0.3, 0.4) is 0 Å². The molecule has 0 saturated carbocycles. The van der Waals surface area contributed by atoms with Gasteiger partial charge in [-0.25, -0.2) is 9.18 Å². The second kappa shape index (κ2) is 9.65. The minimum absolute atomic E-state index is 0.0688. The zero-order chi connectivity index (χ0) is 21.8. The monoisotopic (exact) mass is 443 g/mol. The summed E-state index contributed by atoms with van der Waals surface area (Å²) >= 11 is 12.4. The van der Waals surface area contributed by atoms with Crippen LogP contribution in [0.15, 0.2) is 36.4 Å². The van der Waals surface area contributed by atoms with Gasteiger partial charge in [0.15, 0.2) is 0 Å². The number of ether oxygens (including phenoxy) is 2. The summed E-state index contributed by atoms with van der Waals surface area (Å²) in [5, 5.41) is 14.0. The van der Waals surface area contributed by atoms with Gasteiger partial charge in [0.1, 0.15) is 17.5 Å². The van der Waals surface area contributed by atoms with E-state index in [2.05, 4.69) is 5.32 Å². The minimum atomic E-state index is -1.52. The second-order valence-corrected chi connectivity index (χ2v) is 8.17. The second-order valence-electron chi connectivity index (χ2n) is 7.36. The molecule has 158 valence electrons. The Kier molecular flexibility index (Phi) is 7.74. The molecule has 0 radical (unpaired) electrons. The molecule has 1 amide bonds. The molecule has 2 atom stereocenters. The fourth-order valence-corrected chi connectivity index (χ4v) is 2.96. The molecule has 0 heterocycles. The van der Waals surface area contributed by atoms with E-state index in [1.54, 1.807) is 52.0 Å². The van der Waals surface area contributed by atoms with Gasteiger partial charge in [-0.3, -0.25) is 5.32 Å². The number of nitrogens with one attached hydrogen (secondary N) is 1. The predicted octanol–water partition coefficient (Wildman–Crippen LogP) is 6.51. The Hall–Kier alpha value is -2.02. The van der Waals surface area contributed by atoms with Crippen molar-refractivity contribution in [2.75, 3.05) is 5.32 Å². The van der Waals surface area contributed by atoms with E-state index in [4.69, 9.17) is 32.7 Å². The highest BCUT2D eigenvalue weighted by molar-refractivity contribution is 6.33. The quantitative estimate of drug-likeness (QED) is 0.533. The number of halogens is 3. The Labute approximate surface area is 179 Å². The Morgan fingerprint density at radius 2 is 1.90 bits per heavy atom. The summed E-state index contributed by atoms with van der Waals surface area (Å²) in [6, 6.07) is 9.31. The molecular weight excluding hydrogens is 420 g/mol. The van der Waals surface area contributed by atoms with Crippen LogP contribution in [0.4, 0.5) is 14.9 Å². The van der Waals surface area contributed by atoms with E-state index in [-0.39, 0.29) is 22.8 Å². The van der Waals surface area contributed by atoms with E-state index in [1.165, 1.54) is 12.1 Å². The van der Waals surface area contributed by atoms with Crippen molar-refractivity contribution in [3.05, 3.63) is 57.6 Å². The van der Waals surface area contributed by atoms with Crippen molar-refractivity contribution in [1.29, 1.82) is 0 Å². The zero-order valence-corrected chi connectivity index (χ0v) is 18.1. The summed E-state index contributed by atoms with van der Waals surface area (Å²) in [6.45, 7) is 6.86. The summed E-state index contributed by atoms with van der Waals surface area (Å²) in [4.78, 5) is 12.2. The van der Waals surface area contributed by atoms with Gasteiger partial charge >= 0.3 is 6.09 Å². The largest absolute Gasteiger partial charge is 0.459 e. The molecular formula is C21H24Cl2FNO4. The number of anilines is 1. The number of alkyl halides is 1. The van der Waals surface area contributed by atoms with Gasteiger partial charge in [0.2, 0.25) is 6.36 Å². The molecule has 5 nitrogen and oxygen atoms in total. The molecule has 29 heavy (non-hydrogen) atoms. The number of amides is 1. The van der Waals surface area contributed by atoms with E-state index >= 15 is 0 Å². The van der Waals surface area contributed by atoms with Crippen LogP contribution < -0.4 is 10.1 Å². The van der Waals surface area contributed by atoms with Crippen LogP contribution in [0.1, 0.15) is 51.3 Å². The first-order valence-corrected chi connectivity index (χ1v) is 9.84. The molecule has 0 aliphatic carbocycles. The number of rotatable bonds is 6. The highest BCUT2D eigenvalue weighted by Crippen LogP contribution is 2.38. The van der Waals surface area contributed by atoms with E-state index in [0.717, 1.165) is 0 Å². The molecule has 0 spiro atoms. The smallest absolute Gasteiger partial charge is 0.412 e. The highest BCUT2D eigenvalue weighted by atomic mass is 35.5. The Bertz CT molecular complexity index is 870. The lowest BCUT2D eigenvalue weighted by Crippen LogP contribution is -2.27. The third-order valence-electron chi connectivity index (χ3n) is 3.81. The number of hydrogen-bond acceptors (Lipinski definition) is 4. The van der Waals surface area contributed by atoms with Gasteiger partial charge in [-0.05, 0) is 45.0 Å². The van der Waals surface area contributed by atoms with Crippen molar-refractivity contribution < 1.29 is 23.8 Å². The van der Waals surface area contributed by atoms with Crippen LogP contribution in [-0.2, 0) is 4.74 Å². The highest BCUT2D eigenvalue weighted by Gasteiger charge is 2.23. The molecule has 2 aromatic carbocycles. The van der Waals surface area contributed by atoms with Gasteiger partial charge in [0.05, 0.1) is 10.7 Å². The lowest BCUT2D eigenvalue weighted by Gasteiger charge is -2.22. The van der Waals surface area contributed by atoms with Gasteiger partial charge < -0.3 is 14.6 Å². The zero-order valence-electron chi connectivity index (χ0n) is 16.6. The average Bonchev–Trinajstić information content (AvgIpc) is 2.62. The Morgan fingerprint density at radius 1 is 1.21 bits per heavy atom. The van der Waals surface area contributed by atoms with Gasteiger partial charge in [-0.2, -0.15) is 0 Å². The predicted molar refractivity (Wildman–Crippen MR) is 113 cm³/mol. The first-order valence-electron chi connectivity index (χ1n) is 9.08. The van der Waals surface area contributed by atoms with Crippen molar-refractivity contribution in [3.63, 3.8) is 0 Å². The summed E-state index contributed by atoms with van der Waals surface area (Å²) in [7, 11) is 0. The molecule has 8 heteroatoms. The van der Waals surface area contributed by atoms with Gasteiger partial charge in [-0.1, -0.05) is 42.3 Å². The summed E-state index contributed by atoms with van der Waals surface area (Å²) in [5.41, 5.74) is 0.194. The lowest BCUT2D eigenvalue weighted by molar-refractivity contribution is 0.0629. The molecule has 0 fully saturated rings. The molecule has 2 aromatic rings. The van der Waals surface area contributed by atoms with Gasteiger partial charge in [0, 0.05) is 22.6 Å². The van der Waals surface area contributed by atoms with Crippen molar-refractivity contribution in [2.45, 2.75) is 52.2 Å². The van der Waals surface area contributed by atoms with Crippen LogP contribution in [0, 0.1) is 0 Å². The van der Waals surface area contributed by atoms with E-state index < -0.39 is 24.2 Å². The third-order valence-corrected chi connectivity index (χ3v) is 4.45. The summed E-state index contributed by atoms with van der Waals surface area (Å²) in [6.07, 6.45) is -3.30. The number of aliphatic hydroxyl groups is 1. The van der Waals surface area contributed by atoms with Crippen LogP contribution >= 0.6 is 23.2 Å². The van der Waals surface area contributed by atoms with E-state index in [1.807, 2.05) is 0 Å². The molecule has 2 rings (SSSR count). The Balaban J connectivity index is 2.38. The van der Waals surface area contributed by atoms with Gasteiger partial charge in [-0.15, -0.1) is 0 Å². The first-order chi connectivity index (χ1) is 13.5. The maximum atomic E-state index is 13.6. The van der Waals surface area contributed by atoms with E-state index in [0.29, 0.717) is 16.3 Å². The number of carbonyl (C=O) groups is 1. The van der Waals surface area contributed by atoms with Crippen LogP contribution in [0.2, 0.25) is 10.0 Å². The number of aliphatic hydroxyl groups excluding tert-OH is 1. The minimum Gasteiger partial charge on any atom is -0.459 e. The maximum absolute atomic E-state index is 13.6. The standard InChI is InChI=1S/C21H24Cl2FNO4/c1-5-17(24)28-16-8-6-7-13(18(16)23)19(26)14-11-12(22)9-10-15(14)25-20(27)29-21(2,3)4/h6-11,17,19,26H,5H2,1-4H3,(H,25,27). The molecule has 0 saturated heterocycles. The van der Waals surface area contributed by atoms with Crippen molar-refractivity contribution in [1.82, 2.24) is 0 Å². The van der Waals surface area contributed by atoms with E-state index in [9.17, 15) is 14.3 Å². The fourth-order valence-electron chi connectivity index (χ4n) is 2.51. The average molecular weight is 444 g/mol. The fraction of sp³-hybridized carbons (Fsp3) is 0.381.